The molecule has 0 bridgehead atoms. The molecule has 5 heteroatoms. The van der Waals surface area contributed by atoms with E-state index in [-0.39, 0.29) is 17.5 Å². The van der Waals surface area contributed by atoms with Gasteiger partial charge in [-0.15, -0.1) is 5.10 Å². The second kappa shape index (κ2) is 4.57. The van der Waals surface area contributed by atoms with E-state index in [0.29, 0.717) is 18.7 Å². The highest BCUT2D eigenvalue weighted by Crippen LogP contribution is 2.39. The first-order chi connectivity index (χ1) is 9.20. The van der Waals surface area contributed by atoms with Crippen LogP contribution in [0.15, 0.2) is 30.3 Å². The fraction of sp³-hybridized carbons (Fsp3) is 0.357. The summed E-state index contributed by atoms with van der Waals surface area (Å²) >= 11 is 0. The van der Waals surface area contributed by atoms with Crippen molar-refractivity contribution in [2.45, 2.75) is 32.0 Å². The van der Waals surface area contributed by atoms with Crippen LogP contribution in [0.25, 0.3) is 0 Å². The number of hydrogen-bond donors (Lipinski definition) is 0. The molecule has 2 heterocycles. The van der Waals surface area contributed by atoms with E-state index in [1.807, 2.05) is 30.3 Å². The lowest BCUT2D eigenvalue weighted by molar-refractivity contribution is 0.0976. The Labute approximate surface area is 110 Å². The van der Waals surface area contributed by atoms with Gasteiger partial charge in [-0.3, -0.25) is 4.79 Å². The van der Waals surface area contributed by atoms with Crippen LogP contribution in [0.3, 0.4) is 0 Å². The summed E-state index contributed by atoms with van der Waals surface area (Å²) < 4.78 is 15.2. The molecule has 3 rings (SSSR count). The van der Waals surface area contributed by atoms with Gasteiger partial charge in [-0.1, -0.05) is 37.3 Å². The first-order valence-electron chi connectivity index (χ1n) is 6.39. The van der Waals surface area contributed by atoms with Gasteiger partial charge in [0.25, 0.3) is 0 Å². The summed E-state index contributed by atoms with van der Waals surface area (Å²) in [6.45, 7) is 1.75. The van der Waals surface area contributed by atoms with Crippen LogP contribution >= 0.6 is 0 Å². The van der Waals surface area contributed by atoms with Gasteiger partial charge in [0.1, 0.15) is 5.82 Å². The molecular weight excluding hydrogens is 245 g/mol. The summed E-state index contributed by atoms with van der Waals surface area (Å²) in [5, 5.41) is 4.00. The molecule has 2 aromatic rings. The number of rotatable bonds is 3. The van der Waals surface area contributed by atoms with Crippen molar-refractivity contribution in [1.82, 2.24) is 14.8 Å². The number of nitrogens with zero attached hydrogens (tertiary/aromatic N) is 3. The quantitative estimate of drug-likeness (QED) is 0.796. The Morgan fingerprint density at radius 2 is 2.16 bits per heavy atom. The second-order valence-electron chi connectivity index (χ2n) is 4.65. The maximum absolute atomic E-state index is 14.0. The highest BCUT2D eigenvalue weighted by Gasteiger charge is 2.35. The molecule has 1 aromatic heterocycles. The summed E-state index contributed by atoms with van der Waals surface area (Å²) in [6.07, 6.45) is -0.540. The fourth-order valence-corrected chi connectivity index (χ4v) is 2.43. The first kappa shape index (κ1) is 12.0. The van der Waals surface area contributed by atoms with Crippen LogP contribution in [0.5, 0.6) is 0 Å². The number of carbonyl (C=O) groups is 1. The molecular formula is C14H14FN3O. The standard InChI is InChI=1S/C14H14FN3O/c1-2-11(19)13-16-14-10(8-12(15)18(14)17-13)9-6-4-3-5-7-9/h3-7,10,12H,2,8H2,1H3/t10-,12+/m1/s1. The van der Waals surface area contributed by atoms with Gasteiger partial charge in [0, 0.05) is 18.8 Å². The number of Topliss-reactive ketones (excluding diaryl/α,β-unsaturated/α-hetero) is 1. The van der Waals surface area contributed by atoms with Crippen molar-refractivity contribution in [3.05, 3.63) is 47.5 Å². The van der Waals surface area contributed by atoms with Gasteiger partial charge < -0.3 is 0 Å². The van der Waals surface area contributed by atoms with Crippen molar-refractivity contribution >= 4 is 5.78 Å². The number of hydrogen-bond acceptors (Lipinski definition) is 3. The van der Waals surface area contributed by atoms with Crippen LogP contribution in [0.1, 0.15) is 54.0 Å². The van der Waals surface area contributed by atoms with E-state index in [2.05, 4.69) is 10.1 Å². The van der Waals surface area contributed by atoms with Gasteiger partial charge in [-0.05, 0) is 5.56 Å². The average molecular weight is 259 g/mol. The highest BCUT2D eigenvalue weighted by molar-refractivity contribution is 5.92. The van der Waals surface area contributed by atoms with E-state index in [4.69, 9.17) is 0 Å². The summed E-state index contributed by atoms with van der Waals surface area (Å²) in [5.74, 6) is 0.402. The molecule has 0 fully saturated rings. The molecule has 0 saturated heterocycles. The molecule has 0 radical (unpaired) electrons. The minimum Gasteiger partial charge on any atom is -0.291 e. The zero-order valence-electron chi connectivity index (χ0n) is 10.6. The smallest absolute Gasteiger partial charge is 0.217 e. The monoisotopic (exact) mass is 259 g/mol. The van der Waals surface area contributed by atoms with E-state index >= 15 is 0 Å². The van der Waals surface area contributed by atoms with Crippen molar-refractivity contribution in [3.8, 4) is 0 Å². The topological polar surface area (TPSA) is 47.8 Å². The number of alkyl halides is 1. The predicted octanol–water partition coefficient (Wildman–Crippen LogP) is 2.87. The van der Waals surface area contributed by atoms with Crippen LogP contribution in [0, 0.1) is 0 Å². The summed E-state index contributed by atoms with van der Waals surface area (Å²) in [4.78, 5) is 15.8. The largest absolute Gasteiger partial charge is 0.291 e. The second-order valence-corrected chi connectivity index (χ2v) is 4.65. The molecule has 0 saturated carbocycles. The molecule has 0 unspecified atom stereocenters. The van der Waals surface area contributed by atoms with Crippen LogP contribution in [-0.4, -0.2) is 20.5 Å². The number of benzene rings is 1. The average Bonchev–Trinajstić information content (AvgIpc) is 3.00. The van der Waals surface area contributed by atoms with Gasteiger partial charge in [0.05, 0.1) is 0 Å². The minimum absolute atomic E-state index is 0.123. The number of carbonyl (C=O) groups excluding carboxylic acids is 1. The van der Waals surface area contributed by atoms with Crippen molar-refractivity contribution < 1.29 is 9.18 Å². The first-order valence-corrected chi connectivity index (χ1v) is 6.39. The lowest BCUT2D eigenvalue weighted by Gasteiger charge is -2.07. The zero-order chi connectivity index (χ0) is 13.4. The maximum Gasteiger partial charge on any atom is 0.217 e. The van der Waals surface area contributed by atoms with Gasteiger partial charge in [-0.25, -0.2) is 14.1 Å². The molecule has 2 atom stereocenters. The molecule has 1 aliphatic rings. The summed E-state index contributed by atoms with van der Waals surface area (Å²) in [6, 6.07) is 9.65. The van der Waals surface area contributed by atoms with E-state index in [0.717, 1.165) is 5.56 Å². The summed E-state index contributed by atoms with van der Waals surface area (Å²) in [7, 11) is 0. The molecule has 0 aliphatic carbocycles. The highest BCUT2D eigenvalue weighted by atomic mass is 19.1. The molecule has 1 aliphatic heterocycles. The van der Waals surface area contributed by atoms with E-state index in [1.165, 1.54) is 4.68 Å². The molecule has 4 nitrogen and oxygen atoms in total. The lowest BCUT2D eigenvalue weighted by Crippen LogP contribution is -2.04. The van der Waals surface area contributed by atoms with Crippen LogP contribution < -0.4 is 0 Å². The molecule has 19 heavy (non-hydrogen) atoms. The third kappa shape index (κ3) is 1.95. The molecule has 1 aromatic carbocycles. The fourth-order valence-electron chi connectivity index (χ4n) is 2.43. The zero-order valence-corrected chi connectivity index (χ0v) is 10.6. The number of halogens is 1. The predicted molar refractivity (Wildman–Crippen MR) is 67.7 cm³/mol. The van der Waals surface area contributed by atoms with Crippen LogP contribution in [0.4, 0.5) is 4.39 Å². The van der Waals surface area contributed by atoms with Crippen molar-refractivity contribution in [2.24, 2.45) is 0 Å². The van der Waals surface area contributed by atoms with Crippen molar-refractivity contribution in [3.63, 3.8) is 0 Å². The maximum atomic E-state index is 14.0. The molecule has 0 amide bonds. The Hall–Kier alpha value is -2.04. The third-order valence-corrected chi connectivity index (χ3v) is 3.44. The van der Waals surface area contributed by atoms with Crippen LogP contribution in [-0.2, 0) is 0 Å². The van der Waals surface area contributed by atoms with Gasteiger partial charge in [0.2, 0.25) is 11.6 Å². The van der Waals surface area contributed by atoms with E-state index in [9.17, 15) is 9.18 Å². The van der Waals surface area contributed by atoms with Gasteiger partial charge in [-0.2, -0.15) is 0 Å². The Morgan fingerprint density at radius 3 is 2.84 bits per heavy atom. The molecule has 0 N–H and O–H groups in total. The third-order valence-electron chi connectivity index (χ3n) is 3.44. The molecule has 98 valence electrons. The van der Waals surface area contributed by atoms with Gasteiger partial charge >= 0.3 is 0 Å². The number of ketones is 1. The Morgan fingerprint density at radius 1 is 1.42 bits per heavy atom. The number of fused-ring (bicyclic) bond motifs is 1. The van der Waals surface area contributed by atoms with Crippen molar-refractivity contribution in [2.75, 3.05) is 0 Å². The van der Waals surface area contributed by atoms with E-state index < -0.39 is 6.30 Å². The lowest BCUT2D eigenvalue weighted by atomic mass is 9.97. The summed E-state index contributed by atoms with van der Waals surface area (Å²) in [5.41, 5.74) is 1.01. The SMILES string of the molecule is CCC(=O)c1nc2n(n1)[C@H](F)C[C@@H]2c1ccccc1. The van der Waals surface area contributed by atoms with E-state index in [1.54, 1.807) is 6.92 Å². The van der Waals surface area contributed by atoms with Gasteiger partial charge in [0.15, 0.2) is 6.30 Å². The number of aromatic nitrogens is 3. The normalized spacial score (nSPS) is 21.4. The van der Waals surface area contributed by atoms with Crippen LogP contribution in [0.2, 0.25) is 0 Å². The van der Waals surface area contributed by atoms with Crippen molar-refractivity contribution in [1.29, 1.82) is 0 Å². The Kier molecular flexibility index (Phi) is 2.89. The Bertz CT molecular complexity index is 608. The Balaban J connectivity index is 2.02. The molecule has 0 spiro atoms. The minimum atomic E-state index is -1.20.